The number of carbonyl (C=O) groups is 3. The van der Waals surface area contributed by atoms with Gasteiger partial charge in [-0.3, -0.25) is 4.79 Å². The van der Waals surface area contributed by atoms with Crippen LogP contribution in [-0.4, -0.2) is 58.3 Å². The lowest BCUT2D eigenvalue weighted by atomic mass is 10.1. The van der Waals surface area contributed by atoms with Crippen molar-refractivity contribution < 1.29 is 24.6 Å². The minimum atomic E-state index is -1.21. The van der Waals surface area contributed by atoms with Crippen LogP contribution in [0.25, 0.3) is 0 Å². The first-order valence-electron chi connectivity index (χ1n) is 7.14. The molecule has 0 spiro atoms. The van der Waals surface area contributed by atoms with E-state index < -0.39 is 23.9 Å². The molecule has 1 rings (SSSR count). The van der Waals surface area contributed by atoms with Crippen LogP contribution in [0.4, 0.5) is 4.79 Å². The summed E-state index contributed by atoms with van der Waals surface area (Å²) in [6.45, 7) is -0.0123. The van der Waals surface area contributed by atoms with Crippen molar-refractivity contribution in [3.8, 4) is 0 Å². The number of aliphatic hydroxyl groups is 1. The van der Waals surface area contributed by atoms with Crippen LogP contribution in [0.5, 0.6) is 0 Å². The number of carboxylic acids is 1. The Morgan fingerprint density at radius 1 is 1.29 bits per heavy atom. The standard InChI is InChI=1S/C13H23N3O5/c14-11(18)6-5-10(12(19)20)15-13(21)16(7-8-17)9-3-1-2-4-9/h9-10,17H,1-8H2,(H2,14,18)(H,15,21)(H,19,20). The zero-order valence-electron chi connectivity index (χ0n) is 12.0. The van der Waals surface area contributed by atoms with Crippen LogP contribution in [0, 0.1) is 0 Å². The number of aliphatic carboxylic acids is 1. The van der Waals surface area contributed by atoms with Gasteiger partial charge in [-0.1, -0.05) is 12.8 Å². The van der Waals surface area contributed by atoms with Crippen molar-refractivity contribution in [3.05, 3.63) is 0 Å². The number of carboxylic acid groups (broad SMARTS) is 1. The third kappa shape index (κ3) is 5.58. The molecule has 0 heterocycles. The van der Waals surface area contributed by atoms with Gasteiger partial charge in [0, 0.05) is 19.0 Å². The molecule has 3 amide bonds. The van der Waals surface area contributed by atoms with Crippen molar-refractivity contribution in [2.45, 2.75) is 50.6 Å². The highest BCUT2D eigenvalue weighted by Gasteiger charge is 2.29. The minimum Gasteiger partial charge on any atom is -0.480 e. The summed E-state index contributed by atoms with van der Waals surface area (Å²) in [6, 6.07) is -1.65. The molecular weight excluding hydrogens is 278 g/mol. The Morgan fingerprint density at radius 2 is 1.90 bits per heavy atom. The van der Waals surface area contributed by atoms with Crippen molar-refractivity contribution in [2.24, 2.45) is 5.73 Å². The fourth-order valence-corrected chi connectivity index (χ4v) is 2.55. The monoisotopic (exact) mass is 301 g/mol. The number of primary amides is 1. The van der Waals surface area contributed by atoms with Gasteiger partial charge in [0.05, 0.1) is 6.61 Å². The number of nitrogens with one attached hydrogen (secondary N) is 1. The molecule has 0 bridgehead atoms. The second kappa shape index (κ2) is 8.46. The Hall–Kier alpha value is -1.83. The topological polar surface area (TPSA) is 133 Å². The SMILES string of the molecule is NC(=O)CCC(NC(=O)N(CCO)C1CCCC1)C(=O)O. The molecule has 8 heteroatoms. The van der Waals surface area contributed by atoms with Gasteiger partial charge in [0.2, 0.25) is 5.91 Å². The number of carbonyl (C=O) groups excluding carboxylic acids is 2. The number of aliphatic hydroxyl groups excluding tert-OH is 1. The smallest absolute Gasteiger partial charge is 0.326 e. The van der Waals surface area contributed by atoms with E-state index in [0.29, 0.717) is 0 Å². The lowest BCUT2D eigenvalue weighted by Crippen LogP contribution is -2.51. The second-order valence-electron chi connectivity index (χ2n) is 5.20. The van der Waals surface area contributed by atoms with Crippen molar-refractivity contribution >= 4 is 17.9 Å². The predicted octanol–water partition coefficient (Wildman–Crippen LogP) is -0.348. The zero-order chi connectivity index (χ0) is 15.8. The third-order valence-electron chi connectivity index (χ3n) is 3.64. The first kappa shape index (κ1) is 17.2. The molecule has 0 aliphatic heterocycles. The Morgan fingerprint density at radius 3 is 2.38 bits per heavy atom. The molecule has 0 aromatic carbocycles. The molecule has 5 N–H and O–H groups in total. The van der Waals surface area contributed by atoms with E-state index in [9.17, 15) is 14.4 Å². The van der Waals surface area contributed by atoms with Crippen molar-refractivity contribution in [3.63, 3.8) is 0 Å². The Labute approximate surface area is 123 Å². The highest BCUT2D eigenvalue weighted by molar-refractivity contribution is 5.83. The van der Waals surface area contributed by atoms with Crippen molar-refractivity contribution in [1.82, 2.24) is 10.2 Å². The molecule has 0 saturated heterocycles. The van der Waals surface area contributed by atoms with Crippen LogP contribution < -0.4 is 11.1 Å². The number of nitrogens with two attached hydrogens (primary N) is 1. The molecule has 1 aliphatic carbocycles. The van der Waals surface area contributed by atoms with Crippen LogP contribution >= 0.6 is 0 Å². The number of rotatable bonds is 8. The summed E-state index contributed by atoms with van der Waals surface area (Å²) in [5, 5.41) is 20.5. The van der Waals surface area contributed by atoms with Gasteiger partial charge in [-0.05, 0) is 19.3 Å². The first-order chi connectivity index (χ1) is 9.95. The van der Waals surface area contributed by atoms with Gasteiger partial charge in [0.25, 0.3) is 0 Å². The van der Waals surface area contributed by atoms with Gasteiger partial charge in [-0.25, -0.2) is 9.59 Å². The Bertz CT molecular complexity index is 382. The quantitative estimate of drug-likeness (QED) is 0.486. The van der Waals surface area contributed by atoms with Crippen molar-refractivity contribution in [2.75, 3.05) is 13.2 Å². The molecule has 1 fully saturated rings. The summed E-state index contributed by atoms with van der Waals surface area (Å²) in [5.41, 5.74) is 4.99. The van der Waals surface area contributed by atoms with Crippen LogP contribution in [0.2, 0.25) is 0 Å². The summed E-state index contributed by atoms with van der Waals surface area (Å²) in [6.07, 6.45) is 3.58. The summed E-state index contributed by atoms with van der Waals surface area (Å²) >= 11 is 0. The van der Waals surface area contributed by atoms with E-state index in [1.165, 1.54) is 4.90 Å². The van der Waals surface area contributed by atoms with Gasteiger partial charge in [0.15, 0.2) is 0 Å². The van der Waals surface area contributed by atoms with E-state index >= 15 is 0 Å². The highest BCUT2D eigenvalue weighted by atomic mass is 16.4. The van der Waals surface area contributed by atoms with Crippen LogP contribution in [0.1, 0.15) is 38.5 Å². The Balaban J connectivity index is 2.63. The van der Waals surface area contributed by atoms with Gasteiger partial charge >= 0.3 is 12.0 Å². The summed E-state index contributed by atoms with van der Waals surface area (Å²) in [7, 11) is 0. The van der Waals surface area contributed by atoms with Gasteiger partial charge in [-0.15, -0.1) is 0 Å². The normalized spacial score (nSPS) is 16.4. The molecule has 21 heavy (non-hydrogen) atoms. The van der Waals surface area contributed by atoms with Crippen LogP contribution in [0.3, 0.4) is 0 Å². The maximum atomic E-state index is 12.2. The summed E-state index contributed by atoms with van der Waals surface area (Å²) in [5.74, 6) is -1.82. The average Bonchev–Trinajstić information content (AvgIpc) is 2.93. The van der Waals surface area contributed by atoms with E-state index in [4.69, 9.17) is 15.9 Å². The number of amides is 3. The lowest BCUT2D eigenvalue weighted by Gasteiger charge is -2.29. The van der Waals surface area contributed by atoms with Gasteiger partial charge in [-0.2, -0.15) is 0 Å². The lowest BCUT2D eigenvalue weighted by molar-refractivity contribution is -0.139. The van der Waals surface area contributed by atoms with E-state index in [1.807, 2.05) is 0 Å². The molecule has 1 aliphatic rings. The van der Waals surface area contributed by atoms with E-state index in [-0.39, 0.29) is 32.0 Å². The van der Waals surface area contributed by atoms with Gasteiger partial charge in [0.1, 0.15) is 6.04 Å². The fourth-order valence-electron chi connectivity index (χ4n) is 2.55. The highest BCUT2D eigenvalue weighted by Crippen LogP contribution is 2.23. The third-order valence-corrected chi connectivity index (χ3v) is 3.64. The zero-order valence-corrected chi connectivity index (χ0v) is 12.0. The molecule has 120 valence electrons. The molecule has 1 saturated carbocycles. The first-order valence-corrected chi connectivity index (χ1v) is 7.14. The second-order valence-corrected chi connectivity index (χ2v) is 5.20. The molecule has 0 aromatic rings. The van der Waals surface area contributed by atoms with Crippen LogP contribution in [-0.2, 0) is 9.59 Å². The van der Waals surface area contributed by atoms with Crippen LogP contribution in [0.15, 0.2) is 0 Å². The van der Waals surface area contributed by atoms with E-state index in [1.54, 1.807) is 0 Å². The van der Waals surface area contributed by atoms with Crippen molar-refractivity contribution in [1.29, 1.82) is 0 Å². The number of hydrogen-bond acceptors (Lipinski definition) is 4. The number of hydrogen-bond donors (Lipinski definition) is 4. The minimum absolute atomic E-state index is 0.0303. The maximum absolute atomic E-state index is 12.2. The predicted molar refractivity (Wildman–Crippen MR) is 74.4 cm³/mol. The van der Waals surface area contributed by atoms with E-state index in [0.717, 1.165) is 25.7 Å². The molecular formula is C13H23N3O5. The number of nitrogens with zero attached hydrogens (tertiary/aromatic N) is 1. The molecule has 0 radical (unpaired) electrons. The summed E-state index contributed by atoms with van der Waals surface area (Å²) in [4.78, 5) is 35.5. The molecule has 0 aromatic heterocycles. The molecule has 8 nitrogen and oxygen atoms in total. The fraction of sp³-hybridized carbons (Fsp3) is 0.769. The molecule has 1 unspecified atom stereocenters. The largest absolute Gasteiger partial charge is 0.480 e. The summed E-state index contributed by atoms with van der Waals surface area (Å²) < 4.78 is 0. The van der Waals surface area contributed by atoms with Gasteiger partial charge < -0.3 is 26.2 Å². The Kier molecular flexibility index (Phi) is 6.93. The average molecular weight is 301 g/mol. The molecule has 1 atom stereocenters. The number of urea groups is 1. The van der Waals surface area contributed by atoms with E-state index in [2.05, 4.69) is 5.32 Å². The maximum Gasteiger partial charge on any atom is 0.326 e.